The molecule has 1 heterocycles. The van der Waals surface area contributed by atoms with E-state index in [9.17, 15) is 4.79 Å². The molecule has 4 heteroatoms. The highest BCUT2D eigenvalue weighted by Crippen LogP contribution is 2.37. The Morgan fingerprint density at radius 1 is 1.47 bits per heavy atom. The molecule has 0 aromatic carbocycles. The van der Waals surface area contributed by atoms with Gasteiger partial charge in [0.25, 0.3) is 0 Å². The average molecular weight is 268 g/mol. The van der Waals surface area contributed by atoms with Gasteiger partial charge in [-0.2, -0.15) is 0 Å². The summed E-state index contributed by atoms with van der Waals surface area (Å²) in [5.74, 6) is 0.762. The zero-order valence-corrected chi connectivity index (χ0v) is 12.7. The van der Waals surface area contributed by atoms with E-state index in [2.05, 4.69) is 24.1 Å². The maximum atomic E-state index is 12.0. The van der Waals surface area contributed by atoms with Crippen LogP contribution in [-0.4, -0.2) is 48.7 Å². The predicted molar refractivity (Wildman–Crippen MR) is 76.0 cm³/mol. The molecule has 0 spiro atoms. The minimum absolute atomic E-state index is 0.148. The van der Waals surface area contributed by atoms with Gasteiger partial charge >= 0.3 is 5.97 Å². The van der Waals surface area contributed by atoms with Gasteiger partial charge in [0, 0.05) is 25.2 Å². The molecule has 1 saturated carbocycles. The van der Waals surface area contributed by atoms with Gasteiger partial charge in [-0.1, -0.05) is 0 Å². The van der Waals surface area contributed by atoms with Crippen LogP contribution in [0.1, 0.15) is 46.5 Å². The second-order valence-corrected chi connectivity index (χ2v) is 6.70. The van der Waals surface area contributed by atoms with Crippen molar-refractivity contribution < 1.29 is 9.53 Å². The van der Waals surface area contributed by atoms with E-state index in [-0.39, 0.29) is 12.0 Å². The first-order chi connectivity index (χ1) is 8.94. The van der Waals surface area contributed by atoms with Crippen LogP contribution in [0.2, 0.25) is 0 Å². The third kappa shape index (κ3) is 3.29. The number of carbonyl (C=O) groups excluding carboxylic acids is 1. The van der Waals surface area contributed by atoms with Crippen molar-refractivity contribution in [2.75, 3.05) is 20.2 Å². The van der Waals surface area contributed by atoms with Crippen molar-refractivity contribution in [2.45, 2.75) is 64.1 Å². The highest BCUT2D eigenvalue weighted by Gasteiger charge is 2.40. The maximum Gasteiger partial charge on any atom is 0.325 e. The van der Waals surface area contributed by atoms with Gasteiger partial charge in [0.15, 0.2) is 0 Å². The molecule has 3 unspecified atom stereocenters. The van der Waals surface area contributed by atoms with Gasteiger partial charge < -0.3 is 9.64 Å². The number of carbonyl (C=O) groups is 1. The molecule has 1 aliphatic heterocycles. The summed E-state index contributed by atoms with van der Waals surface area (Å²) < 4.78 is 4.97. The molecule has 110 valence electrons. The lowest BCUT2D eigenvalue weighted by atomic mass is 9.96. The van der Waals surface area contributed by atoms with Gasteiger partial charge in [-0.3, -0.25) is 10.1 Å². The molecular weight excluding hydrogens is 240 g/mol. The van der Waals surface area contributed by atoms with Gasteiger partial charge in [0.2, 0.25) is 0 Å². The lowest BCUT2D eigenvalue weighted by molar-refractivity contribution is -0.148. The summed E-state index contributed by atoms with van der Waals surface area (Å²) in [5, 5.41) is 3.37. The molecule has 1 aliphatic carbocycles. The first-order valence-electron chi connectivity index (χ1n) is 7.55. The first kappa shape index (κ1) is 14.8. The van der Waals surface area contributed by atoms with Crippen molar-refractivity contribution in [2.24, 2.45) is 5.92 Å². The van der Waals surface area contributed by atoms with E-state index in [1.54, 1.807) is 0 Å². The number of nitrogens with one attached hydrogen (secondary N) is 1. The number of hydrogen-bond donors (Lipinski definition) is 1. The Morgan fingerprint density at radius 3 is 2.68 bits per heavy atom. The lowest BCUT2D eigenvalue weighted by Crippen LogP contribution is -2.54. The first-order valence-corrected chi connectivity index (χ1v) is 7.55. The number of rotatable bonds is 6. The van der Waals surface area contributed by atoms with E-state index in [0.717, 1.165) is 24.9 Å². The zero-order valence-electron chi connectivity index (χ0n) is 12.7. The van der Waals surface area contributed by atoms with Crippen LogP contribution in [0.15, 0.2) is 0 Å². The van der Waals surface area contributed by atoms with Crippen molar-refractivity contribution >= 4 is 5.97 Å². The van der Waals surface area contributed by atoms with Crippen LogP contribution in [0.3, 0.4) is 0 Å². The molecule has 0 radical (unpaired) electrons. The Labute approximate surface area is 116 Å². The Balaban J connectivity index is 1.91. The van der Waals surface area contributed by atoms with E-state index in [1.165, 1.54) is 32.9 Å². The van der Waals surface area contributed by atoms with Crippen LogP contribution >= 0.6 is 0 Å². The van der Waals surface area contributed by atoms with Crippen LogP contribution < -0.4 is 5.32 Å². The molecular formula is C15H28N2O2. The second kappa shape index (κ2) is 5.80. The van der Waals surface area contributed by atoms with E-state index >= 15 is 0 Å². The Kier molecular flexibility index (Phi) is 4.51. The summed E-state index contributed by atoms with van der Waals surface area (Å²) >= 11 is 0. The second-order valence-electron chi connectivity index (χ2n) is 6.70. The van der Waals surface area contributed by atoms with Crippen molar-refractivity contribution in [3.8, 4) is 0 Å². The molecule has 2 fully saturated rings. The van der Waals surface area contributed by atoms with Crippen LogP contribution in [-0.2, 0) is 9.53 Å². The van der Waals surface area contributed by atoms with Gasteiger partial charge in [0.05, 0.1) is 7.11 Å². The van der Waals surface area contributed by atoms with E-state index < -0.39 is 5.54 Å². The molecule has 19 heavy (non-hydrogen) atoms. The molecule has 3 atom stereocenters. The van der Waals surface area contributed by atoms with Crippen molar-refractivity contribution in [1.82, 2.24) is 10.2 Å². The van der Waals surface area contributed by atoms with Crippen LogP contribution in [0, 0.1) is 5.92 Å². The number of methoxy groups -OCH3 is 1. The molecule has 0 aromatic heterocycles. The third-order valence-electron chi connectivity index (χ3n) is 4.66. The monoisotopic (exact) mass is 268 g/mol. The Morgan fingerprint density at radius 2 is 2.21 bits per heavy atom. The zero-order chi connectivity index (χ0) is 14.0. The predicted octanol–water partition coefficient (Wildman–Crippen LogP) is 1.79. The molecule has 1 saturated heterocycles. The minimum atomic E-state index is -0.565. The number of nitrogens with zero attached hydrogens (tertiary/aromatic N) is 1. The van der Waals surface area contributed by atoms with Crippen LogP contribution in [0.5, 0.6) is 0 Å². The van der Waals surface area contributed by atoms with E-state index in [0.29, 0.717) is 0 Å². The molecule has 2 aliphatic rings. The Bertz CT molecular complexity index is 332. The number of piperidine rings is 1. The van der Waals surface area contributed by atoms with Crippen LogP contribution in [0.25, 0.3) is 0 Å². The van der Waals surface area contributed by atoms with Gasteiger partial charge in [-0.05, 0) is 52.4 Å². The summed E-state index contributed by atoms with van der Waals surface area (Å²) in [7, 11) is 1.47. The fourth-order valence-corrected chi connectivity index (χ4v) is 3.76. The quantitative estimate of drug-likeness (QED) is 0.746. The summed E-state index contributed by atoms with van der Waals surface area (Å²) in [6, 6.07) is 1.05. The number of likely N-dealkylation sites (tertiary alicyclic amines) is 1. The SMILES string of the molecule is COC(=O)C(C)(CCN1CC2CCC1C2)NC(C)C. The van der Waals surface area contributed by atoms with E-state index in [1.807, 2.05) is 6.92 Å². The molecule has 4 nitrogen and oxygen atoms in total. The fourth-order valence-electron chi connectivity index (χ4n) is 3.76. The number of fused-ring (bicyclic) bond motifs is 2. The van der Waals surface area contributed by atoms with E-state index in [4.69, 9.17) is 4.74 Å². The smallest absolute Gasteiger partial charge is 0.325 e. The highest BCUT2D eigenvalue weighted by molar-refractivity contribution is 5.80. The number of ether oxygens (including phenoxy) is 1. The number of esters is 1. The molecule has 2 rings (SSSR count). The molecule has 0 amide bonds. The summed E-state index contributed by atoms with van der Waals surface area (Å²) in [4.78, 5) is 14.6. The summed E-state index contributed by atoms with van der Waals surface area (Å²) in [6.45, 7) is 8.32. The van der Waals surface area contributed by atoms with Crippen LogP contribution in [0.4, 0.5) is 0 Å². The van der Waals surface area contributed by atoms with Crippen molar-refractivity contribution in [3.63, 3.8) is 0 Å². The number of hydrogen-bond acceptors (Lipinski definition) is 4. The average Bonchev–Trinajstić information content (AvgIpc) is 2.96. The molecule has 0 aromatic rings. The summed E-state index contributed by atoms with van der Waals surface area (Å²) in [5.41, 5.74) is -0.565. The fraction of sp³-hybridized carbons (Fsp3) is 0.933. The van der Waals surface area contributed by atoms with Gasteiger partial charge in [0.1, 0.15) is 5.54 Å². The van der Waals surface area contributed by atoms with Gasteiger partial charge in [-0.15, -0.1) is 0 Å². The topological polar surface area (TPSA) is 41.6 Å². The largest absolute Gasteiger partial charge is 0.468 e. The summed E-state index contributed by atoms with van der Waals surface area (Å²) in [6.07, 6.45) is 4.94. The standard InChI is InChI=1S/C15H28N2O2/c1-11(2)16-15(3,14(18)19-4)7-8-17-10-12-5-6-13(17)9-12/h11-13,16H,5-10H2,1-4H3. The third-order valence-corrected chi connectivity index (χ3v) is 4.66. The Hall–Kier alpha value is -0.610. The van der Waals surface area contributed by atoms with Gasteiger partial charge in [-0.25, -0.2) is 0 Å². The normalized spacial score (nSPS) is 29.7. The minimum Gasteiger partial charge on any atom is -0.468 e. The lowest BCUT2D eigenvalue weighted by Gasteiger charge is -2.34. The highest BCUT2D eigenvalue weighted by atomic mass is 16.5. The van der Waals surface area contributed by atoms with Crippen molar-refractivity contribution in [3.05, 3.63) is 0 Å². The molecule has 2 bridgehead atoms. The van der Waals surface area contributed by atoms with Crippen molar-refractivity contribution in [1.29, 1.82) is 0 Å². The molecule has 1 N–H and O–H groups in total. The maximum absolute atomic E-state index is 12.0.